The summed E-state index contributed by atoms with van der Waals surface area (Å²) in [6.07, 6.45) is 3.23. The molecule has 0 radical (unpaired) electrons. The lowest BCUT2D eigenvalue weighted by Gasteiger charge is -2.18. The number of methoxy groups -OCH3 is 1. The lowest BCUT2D eigenvalue weighted by atomic mass is 9.96. The lowest BCUT2D eigenvalue weighted by molar-refractivity contribution is -0.142. The fourth-order valence-corrected chi connectivity index (χ4v) is 4.21. The van der Waals surface area contributed by atoms with Crippen LogP contribution < -0.4 is 16.0 Å². The molecule has 1 aliphatic rings. The van der Waals surface area contributed by atoms with Crippen LogP contribution in [0, 0.1) is 0 Å². The molecule has 2 atom stereocenters. The monoisotopic (exact) mass is 483 g/mol. The molecule has 180 valence electrons. The number of carbonyl (C=O) groups excluding carboxylic acids is 4. The van der Waals surface area contributed by atoms with Crippen LogP contribution in [0.3, 0.4) is 0 Å². The minimum Gasteiger partial charge on any atom is -0.467 e. The molecule has 0 spiro atoms. The molecule has 1 unspecified atom stereocenters. The molecule has 9 heteroatoms. The maximum absolute atomic E-state index is 13.2. The number of carbonyl (C=O) groups is 4. The van der Waals surface area contributed by atoms with Gasteiger partial charge in [-0.05, 0) is 53.7 Å². The molecule has 2 aromatic carbocycles. The molecule has 1 aliphatic heterocycles. The molecule has 1 fully saturated rings. The predicted octanol–water partition coefficient (Wildman–Crippen LogP) is 2.27. The fourth-order valence-electron chi connectivity index (χ4n) is 3.74. The van der Waals surface area contributed by atoms with Crippen LogP contribution in [0.25, 0.3) is 11.1 Å². The first-order valence-electron chi connectivity index (χ1n) is 11.1. The zero-order valence-corrected chi connectivity index (χ0v) is 20.1. The van der Waals surface area contributed by atoms with Gasteiger partial charge in [-0.25, -0.2) is 4.79 Å². The number of nitrogens with one attached hydrogen (secondary N) is 3. The van der Waals surface area contributed by atoms with Crippen LogP contribution in [0.2, 0.25) is 0 Å². The van der Waals surface area contributed by atoms with Crippen LogP contribution in [0.5, 0.6) is 0 Å². The SMILES string of the molecule is COC(=O)C(CCSC)NC(=O)c1ccc(CNC(=O)[C@@H]2CCC(=O)N2)cc1-c1ccccc1. The van der Waals surface area contributed by atoms with E-state index in [1.807, 2.05) is 42.7 Å². The maximum atomic E-state index is 13.2. The highest BCUT2D eigenvalue weighted by Gasteiger charge is 2.27. The van der Waals surface area contributed by atoms with Crippen molar-refractivity contribution in [1.82, 2.24) is 16.0 Å². The van der Waals surface area contributed by atoms with E-state index in [0.717, 1.165) is 11.1 Å². The van der Waals surface area contributed by atoms with Crippen molar-refractivity contribution in [2.24, 2.45) is 0 Å². The smallest absolute Gasteiger partial charge is 0.328 e. The highest BCUT2D eigenvalue weighted by atomic mass is 32.2. The summed E-state index contributed by atoms with van der Waals surface area (Å²) in [5.41, 5.74) is 2.75. The lowest BCUT2D eigenvalue weighted by Crippen LogP contribution is -2.42. The second-order valence-electron chi connectivity index (χ2n) is 7.95. The summed E-state index contributed by atoms with van der Waals surface area (Å²) >= 11 is 1.58. The van der Waals surface area contributed by atoms with E-state index in [1.165, 1.54) is 7.11 Å². The number of benzene rings is 2. The van der Waals surface area contributed by atoms with Gasteiger partial charge in [-0.1, -0.05) is 36.4 Å². The van der Waals surface area contributed by atoms with Crippen molar-refractivity contribution >= 4 is 35.5 Å². The van der Waals surface area contributed by atoms with Crippen LogP contribution in [0.1, 0.15) is 35.2 Å². The van der Waals surface area contributed by atoms with E-state index in [9.17, 15) is 19.2 Å². The van der Waals surface area contributed by atoms with E-state index >= 15 is 0 Å². The normalized spacial score (nSPS) is 15.8. The van der Waals surface area contributed by atoms with E-state index in [2.05, 4.69) is 16.0 Å². The second-order valence-corrected chi connectivity index (χ2v) is 8.94. The zero-order valence-electron chi connectivity index (χ0n) is 19.3. The van der Waals surface area contributed by atoms with Crippen molar-refractivity contribution < 1.29 is 23.9 Å². The average molecular weight is 484 g/mol. The number of amides is 3. The number of ether oxygens (including phenoxy) is 1. The first kappa shape index (κ1) is 25.3. The summed E-state index contributed by atoms with van der Waals surface area (Å²) in [4.78, 5) is 49.1. The fraction of sp³-hybridized carbons (Fsp3) is 0.360. The Labute approximate surface area is 203 Å². The Kier molecular flexibility index (Phi) is 9.09. The van der Waals surface area contributed by atoms with Crippen LogP contribution in [-0.4, -0.2) is 54.9 Å². The number of esters is 1. The minimum absolute atomic E-state index is 0.121. The molecule has 1 saturated heterocycles. The van der Waals surface area contributed by atoms with Gasteiger partial charge < -0.3 is 20.7 Å². The van der Waals surface area contributed by atoms with E-state index < -0.39 is 18.1 Å². The Morgan fingerprint density at radius 3 is 2.59 bits per heavy atom. The highest BCUT2D eigenvalue weighted by Crippen LogP contribution is 2.25. The molecule has 2 aromatic rings. The Morgan fingerprint density at radius 2 is 1.94 bits per heavy atom. The minimum atomic E-state index is -0.742. The first-order chi connectivity index (χ1) is 16.4. The zero-order chi connectivity index (χ0) is 24.5. The van der Waals surface area contributed by atoms with Gasteiger partial charge in [0, 0.05) is 18.5 Å². The first-order valence-corrected chi connectivity index (χ1v) is 12.5. The topological polar surface area (TPSA) is 114 Å². The molecule has 3 N–H and O–H groups in total. The Morgan fingerprint density at radius 1 is 1.18 bits per heavy atom. The summed E-state index contributed by atoms with van der Waals surface area (Å²) in [5, 5.41) is 8.31. The highest BCUT2D eigenvalue weighted by molar-refractivity contribution is 7.98. The maximum Gasteiger partial charge on any atom is 0.328 e. The van der Waals surface area contributed by atoms with Gasteiger partial charge in [-0.15, -0.1) is 0 Å². The molecular formula is C25H29N3O5S. The van der Waals surface area contributed by atoms with E-state index in [-0.39, 0.29) is 24.3 Å². The van der Waals surface area contributed by atoms with Gasteiger partial charge in [0.1, 0.15) is 12.1 Å². The van der Waals surface area contributed by atoms with Crippen molar-refractivity contribution in [1.29, 1.82) is 0 Å². The van der Waals surface area contributed by atoms with Crippen LogP contribution in [0.15, 0.2) is 48.5 Å². The van der Waals surface area contributed by atoms with Crippen molar-refractivity contribution in [3.05, 3.63) is 59.7 Å². The third-order valence-electron chi connectivity index (χ3n) is 5.59. The standard InChI is InChI=1S/C25H29N3O5S/c1-33-25(32)21(12-13-34-2)28-23(30)18-9-8-16(14-19(18)17-6-4-3-5-7-17)15-26-24(31)20-10-11-22(29)27-20/h3-9,14,20-21H,10-13,15H2,1-2H3,(H,26,31)(H,27,29)(H,28,30)/t20-,21?/m0/s1. The van der Waals surface area contributed by atoms with Crippen molar-refractivity contribution in [3.8, 4) is 11.1 Å². The Hall–Kier alpha value is -3.33. The molecule has 0 aliphatic carbocycles. The summed E-state index contributed by atoms with van der Waals surface area (Å²) in [7, 11) is 1.30. The van der Waals surface area contributed by atoms with Gasteiger partial charge in [0.2, 0.25) is 11.8 Å². The predicted molar refractivity (Wildman–Crippen MR) is 131 cm³/mol. The molecule has 3 rings (SSSR count). The summed E-state index contributed by atoms with van der Waals surface area (Å²) < 4.78 is 4.85. The van der Waals surface area contributed by atoms with Crippen LogP contribution in [-0.2, 0) is 25.7 Å². The largest absolute Gasteiger partial charge is 0.467 e. The van der Waals surface area contributed by atoms with Crippen LogP contribution >= 0.6 is 11.8 Å². The van der Waals surface area contributed by atoms with Crippen molar-refractivity contribution in [2.45, 2.75) is 37.9 Å². The average Bonchev–Trinajstić information content (AvgIpc) is 3.31. The van der Waals surface area contributed by atoms with Gasteiger partial charge in [0.05, 0.1) is 7.11 Å². The number of hydrogen-bond donors (Lipinski definition) is 3. The molecular weight excluding hydrogens is 454 g/mol. The van der Waals surface area contributed by atoms with Gasteiger partial charge in [0.25, 0.3) is 5.91 Å². The Bertz CT molecular complexity index is 1040. The molecule has 0 aromatic heterocycles. The third kappa shape index (κ3) is 6.60. The number of rotatable bonds is 10. The van der Waals surface area contributed by atoms with Crippen molar-refractivity contribution in [3.63, 3.8) is 0 Å². The van der Waals surface area contributed by atoms with Crippen molar-refractivity contribution in [2.75, 3.05) is 19.1 Å². The number of thioether (sulfide) groups is 1. The van der Waals surface area contributed by atoms with Gasteiger partial charge in [-0.2, -0.15) is 11.8 Å². The summed E-state index contributed by atoms with van der Waals surface area (Å²) in [6, 6.07) is 13.5. The van der Waals surface area contributed by atoms with Gasteiger partial charge in [0.15, 0.2) is 0 Å². The molecule has 8 nitrogen and oxygen atoms in total. The molecule has 3 amide bonds. The summed E-state index contributed by atoms with van der Waals surface area (Å²) in [5.74, 6) is -0.513. The summed E-state index contributed by atoms with van der Waals surface area (Å²) in [6.45, 7) is 0.255. The molecule has 0 bridgehead atoms. The van der Waals surface area contributed by atoms with Crippen LogP contribution in [0.4, 0.5) is 0 Å². The number of hydrogen-bond acceptors (Lipinski definition) is 6. The molecule has 34 heavy (non-hydrogen) atoms. The second kappa shape index (κ2) is 12.2. The van der Waals surface area contributed by atoms with E-state index in [4.69, 9.17) is 4.74 Å². The third-order valence-corrected chi connectivity index (χ3v) is 6.24. The van der Waals surface area contributed by atoms with E-state index in [1.54, 1.807) is 23.9 Å². The van der Waals surface area contributed by atoms with E-state index in [0.29, 0.717) is 36.1 Å². The quantitative estimate of drug-likeness (QED) is 0.447. The van der Waals surface area contributed by atoms with Gasteiger partial charge in [-0.3, -0.25) is 14.4 Å². The van der Waals surface area contributed by atoms with Gasteiger partial charge >= 0.3 is 5.97 Å². The Balaban J connectivity index is 1.81. The molecule has 1 heterocycles. The molecule has 0 saturated carbocycles.